The second-order valence-corrected chi connectivity index (χ2v) is 6.03. The zero-order valence-corrected chi connectivity index (χ0v) is 13.2. The molecule has 1 atom stereocenters. The number of fused-ring (bicyclic) bond motifs is 1. The van der Waals surface area contributed by atoms with Crippen LogP contribution in [0.4, 0.5) is 4.39 Å². The van der Waals surface area contributed by atoms with Crippen molar-refractivity contribution in [3.05, 3.63) is 65.3 Å². The Hall–Kier alpha value is -1.91. The fraction of sp³-hybridized carbons (Fsp3) is 0.222. The molecule has 1 heterocycles. The molecule has 3 aromatic rings. The quantitative estimate of drug-likeness (QED) is 0.707. The van der Waals surface area contributed by atoms with Crippen molar-refractivity contribution in [3.63, 3.8) is 0 Å². The third-order valence-electron chi connectivity index (χ3n) is 3.62. The van der Waals surface area contributed by atoms with E-state index in [-0.39, 0.29) is 11.9 Å². The Morgan fingerprint density at radius 3 is 2.82 bits per heavy atom. The molecule has 114 valence electrons. The Bertz CT molecular complexity index is 755. The van der Waals surface area contributed by atoms with E-state index in [9.17, 15) is 4.39 Å². The topological polar surface area (TPSA) is 21.3 Å². The Morgan fingerprint density at radius 2 is 2.00 bits per heavy atom. The molecule has 0 aliphatic carbocycles. The van der Waals surface area contributed by atoms with Gasteiger partial charge in [-0.15, -0.1) is 11.3 Å². The highest BCUT2D eigenvalue weighted by Gasteiger charge is 2.18. The molecule has 2 aromatic carbocycles. The first kappa shape index (κ1) is 15.0. The summed E-state index contributed by atoms with van der Waals surface area (Å²) in [5, 5.41) is 6.31. The van der Waals surface area contributed by atoms with Crippen LogP contribution in [0.25, 0.3) is 10.1 Å². The summed E-state index contributed by atoms with van der Waals surface area (Å²) in [7, 11) is 1.89. The predicted molar refractivity (Wildman–Crippen MR) is 90.1 cm³/mol. The van der Waals surface area contributed by atoms with Gasteiger partial charge >= 0.3 is 0 Å². The molecule has 0 spiro atoms. The number of hydrogen-bond donors (Lipinski definition) is 1. The summed E-state index contributed by atoms with van der Waals surface area (Å²) < 4.78 is 21.4. The smallest absolute Gasteiger partial charge is 0.138 e. The maximum absolute atomic E-state index is 14.1. The summed E-state index contributed by atoms with van der Waals surface area (Å²) in [5.74, 6) is 0.596. The van der Waals surface area contributed by atoms with Gasteiger partial charge in [0, 0.05) is 12.0 Å². The predicted octanol–water partition coefficient (Wildman–Crippen LogP) is 4.77. The van der Waals surface area contributed by atoms with E-state index in [1.807, 2.05) is 30.6 Å². The Labute approximate surface area is 133 Å². The first-order valence-corrected chi connectivity index (χ1v) is 8.19. The van der Waals surface area contributed by atoms with E-state index in [1.165, 1.54) is 6.07 Å². The van der Waals surface area contributed by atoms with Crippen molar-refractivity contribution in [1.82, 2.24) is 5.32 Å². The van der Waals surface area contributed by atoms with Gasteiger partial charge in [0.1, 0.15) is 17.7 Å². The highest BCUT2D eigenvalue weighted by molar-refractivity contribution is 7.17. The Kier molecular flexibility index (Phi) is 4.71. The minimum absolute atomic E-state index is 0.220. The van der Waals surface area contributed by atoms with Gasteiger partial charge in [0.05, 0.1) is 4.70 Å². The third-order valence-corrected chi connectivity index (χ3v) is 4.57. The largest absolute Gasteiger partial charge is 0.484 e. The van der Waals surface area contributed by atoms with Crippen LogP contribution < -0.4 is 10.1 Å². The van der Waals surface area contributed by atoms with Gasteiger partial charge in [-0.3, -0.25) is 0 Å². The van der Waals surface area contributed by atoms with Gasteiger partial charge in [-0.05, 0) is 42.6 Å². The molecular weight excluding hydrogens is 297 g/mol. The van der Waals surface area contributed by atoms with Crippen LogP contribution in [0.2, 0.25) is 0 Å². The van der Waals surface area contributed by atoms with Crippen LogP contribution in [0.3, 0.4) is 0 Å². The summed E-state index contributed by atoms with van der Waals surface area (Å²) >= 11 is 1.64. The van der Waals surface area contributed by atoms with E-state index in [0.717, 1.165) is 22.4 Å². The van der Waals surface area contributed by atoms with Crippen LogP contribution in [0.5, 0.6) is 5.75 Å². The van der Waals surface area contributed by atoms with Crippen molar-refractivity contribution in [1.29, 1.82) is 0 Å². The number of thiophene rings is 1. The first-order chi connectivity index (χ1) is 10.8. The minimum atomic E-state index is -0.304. The van der Waals surface area contributed by atoms with Crippen LogP contribution in [0.1, 0.15) is 18.1 Å². The molecule has 0 amide bonds. The van der Waals surface area contributed by atoms with Gasteiger partial charge in [-0.2, -0.15) is 0 Å². The standard InChI is InChI=1S/C18H18FNOS/c1-20-11-9-16(14-6-2-3-7-15(14)19)21-17-8-4-5-13-10-12-22-18(13)17/h2-8,10,12,16,20H,9,11H2,1H3. The normalized spacial score (nSPS) is 12.5. The second-order valence-electron chi connectivity index (χ2n) is 5.12. The summed E-state index contributed by atoms with van der Waals surface area (Å²) in [6.45, 7) is 0.763. The van der Waals surface area contributed by atoms with Gasteiger partial charge in [0.25, 0.3) is 0 Å². The van der Waals surface area contributed by atoms with Gasteiger partial charge in [0.2, 0.25) is 0 Å². The van der Waals surface area contributed by atoms with Crippen LogP contribution in [-0.4, -0.2) is 13.6 Å². The zero-order chi connectivity index (χ0) is 15.4. The molecule has 2 nitrogen and oxygen atoms in total. The number of ether oxygens (including phenoxy) is 1. The lowest BCUT2D eigenvalue weighted by atomic mass is 10.1. The maximum Gasteiger partial charge on any atom is 0.138 e. The van der Waals surface area contributed by atoms with Crippen LogP contribution in [-0.2, 0) is 0 Å². The summed E-state index contributed by atoms with van der Waals surface area (Å²) in [6.07, 6.45) is 0.403. The van der Waals surface area contributed by atoms with Crippen molar-refractivity contribution >= 4 is 21.4 Å². The third kappa shape index (κ3) is 3.13. The molecule has 1 unspecified atom stereocenters. The zero-order valence-electron chi connectivity index (χ0n) is 12.4. The Morgan fingerprint density at radius 1 is 1.14 bits per heavy atom. The molecular formula is C18H18FNOS. The fourth-order valence-corrected chi connectivity index (χ4v) is 3.36. The van der Waals surface area contributed by atoms with E-state index in [1.54, 1.807) is 23.5 Å². The molecule has 0 bridgehead atoms. The highest BCUT2D eigenvalue weighted by Crippen LogP contribution is 2.34. The molecule has 3 rings (SSSR count). The molecule has 1 aromatic heterocycles. The monoisotopic (exact) mass is 315 g/mol. The molecule has 0 aliphatic heterocycles. The van der Waals surface area contributed by atoms with Crippen molar-refractivity contribution in [2.45, 2.75) is 12.5 Å². The van der Waals surface area contributed by atoms with Crippen molar-refractivity contribution in [2.24, 2.45) is 0 Å². The van der Waals surface area contributed by atoms with Gasteiger partial charge in [-0.1, -0.05) is 30.3 Å². The van der Waals surface area contributed by atoms with E-state index >= 15 is 0 Å². The Balaban J connectivity index is 1.93. The highest BCUT2D eigenvalue weighted by atomic mass is 32.1. The van der Waals surface area contributed by atoms with Crippen LogP contribution in [0.15, 0.2) is 53.9 Å². The molecule has 0 radical (unpaired) electrons. The molecule has 0 saturated carbocycles. The summed E-state index contributed by atoms with van der Waals surface area (Å²) in [4.78, 5) is 0. The molecule has 1 N–H and O–H groups in total. The lowest BCUT2D eigenvalue weighted by Gasteiger charge is -2.20. The fourth-order valence-electron chi connectivity index (χ4n) is 2.50. The molecule has 0 fully saturated rings. The average Bonchev–Trinajstić information content (AvgIpc) is 3.01. The van der Waals surface area contributed by atoms with E-state index in [2.05, 4.69) is 17.4 Å². The van der Waals surface area contributed by atoms with Crippen molar-refractivity contribution < 1.29 is 9.13 Å². The average molecular weight is 315 g/mol. The molecule has 4 heteroatoms. The lowest BCUT2D eigenvalue weighted by molar-refractivity contribution is 0.193. The number of halogens is 1. The molecule has 0 saturated heterocycles. The van der Waals surface area contributed by atoms with Crippen LogP contribution >= 0.6 is 11.3 Å². The van der Waals surface area contributed by atoms with Gasteiger partial charge < -0.3 is 10.1 Å². The van der Waals surface area contributed by atoms with E-state index < -0.39 is 0 Å². The van der Waals surface area contributed by atoms with E-state index in [0.29, 0.717) is 12.0 Å². The number of nitrogens with one attached hydrogen (secondary N) is 1. The summed E-state index contributed by atoms with van der Waals surface area (Å²) in [5.41, 5.74) is 0.603. The lowest BCUT2D eigenvalue weighted by Crippen LogP contribution is -2.17. The second kappa shape index (κ2) is 6.90. The summed E-state index contributed by atoms with van der Waals surface area (Å²) in [6, 6.07) is 14.9. The SMILES string of the molecule is CNCCC(Oc1cccc2ccsc12)c1ccccc1F. The van der Waals surface area contributed by atoms with Gasteiger partial charge in [-0.25, -0.2) is 4.39 Å². The number of benzene rings is 2. The first-order valence-electron chi connectivity index (χ1n) is 7.31. The molecule has 0 aliphatic rings. The molecule has 22 heavy (non-hydrogen) atoms. The van der Waals surface area contributed by atoms with Crippen molar-refractivity contribution in [3.8, 4) is 5.75 Å². The number of rotatable bonds is 6. The maximum atomic E-state index is 14.1. The van der Waals surface area contributed by atoms with Crippen molar-refractivity contribution in [2.75, 3.05) is 13.6 Å². The number of hydrogen-bond acceptors (Lipinski definition) is 3. The van der Waals surface area contributed by atoms with Gasteiger partial charge in [0.15, 0.2) is 0 Å². The van der Waals surface area contributed by atoms with E-state index in [4.69, 9.17) is 4.74 Å². The minimum Gasteiger partial charge on any atom is -0.484 e. The van der Waals surface area contributed by atoms with Crippen LogP contribution in [0, 0.1) is 5.82 Å².